The molecule has 4 heteroatoms. The van der Waals surface area contributed by atoms with E-state index in [1.807, 2.05) is 36.4 Å². The first-order valence-corrected chi connectivity index (χ1v) is 11.0. The van der Waals surface area contributed by atoms with Crippen LogP contribution in [0.1, 0.15) is 48.0 Å². The summed E-state index contributed by atoms with van der Waals surface area (Å²) in [6.45, 7) is 2.73. The van der Waals surface area contributed by atoms with Gasteiger partial charge in [-0.2, -0.15) is 0 Å². The van der Waals surface area contributed by atoms with E-state index in [1.165, 1.54) is 36.8 Å². The van der Waals surface area contributed by atoms with Gasteiger partial charge in [-0.1, -0.05) is 51.3 Å². The molecule has 3 nitrogen and oxygen atoms in total. The van der Waals surface area contributed by atoms with Crippen LogP contribution in [0, 0.1) is 6.92 Å². The predicted molar refractivity (Wildman–Crippen MR) is 123 cm³/mol. The molecular weight excluding hydrogens is 424 g/mol. The summed E-state index contributed by atoms with van der Waals surface area (Å²) in [5.74, 6) is -0.0409. The molecule has 0 fully saturated rings. The number of halogens is 1. The van der Waals surface area contributed by atoms with Gasteiger partial charge in [-0.3, -0.25) is 4.79 Å². The van der Waals surface area contributed by atoms with Crippen LogP contribution in [0.2, 0.25) is 0 Å². The number of pyridine rings is 1. The second kappa shape index (κ2) is 8.91. The van der Waals surface area contributed by atoms with Crippen LogP contribution < -0.4 is 5.32 Å². The summed E-state index contributed by atoms with van der Waals surface area (Å²) in [7, 11) is 0. The normalized spacial score (nSPS) is 13.9. The molecule has 1 heterocycles. The lowest BCUT2D eigenvalue weighted by atomic mass is 9.97. The molecule has 0 bridgehead atoms. The van der Waals surface area contributed by atoms with Crippen LogP contribution in [0.3, 0.4) is 0 Å². The molecule has 0 aliphatic heterocycles. The molecule has 2 aromatic carbocycles. The fraction of sp³-hybridized carbons (Fsp3) is 0.280. The van der Waals surface area contributed by atoms with Crippen molar-refractivity contribution in [3.63, 3.8) is 0 Å². The zero-order valence-corrected chi connectivity index (χ0v) is 18.3. The second-order valence-corrected chi connectivity index (χ2v) is 8.62. The molecule has 1 amide bonds. The Balaban J connectivity index is 1.64. The fourth-order valence-corrected chi connectivity index (χ4v) is 4.26. The highest BCUT2D eigenvalue weighted by molar-refractivity contribution is 9.10. The molecule has 148 valence electrons. The van der Waals surface area contributed by atoms with Gasteiger partial charge in [0.2, 0.25) is 0 Å². The maximum atomic E-state index is 13.1. The summed E-state index contributed by atoms with van der Waals surface area (Å²) in [6.07, 6.45) is 8.16. The summed E-state index contributed by atoms with van der Waals surface area (Å²) in [5.41, 5.74) is 5.99. The Bertz CT molecular complexity index is 1090. The Kier molecular flexibility index (Phi) is 6.10. The highest BCUT2D eigenvalue weighted by atomic mass is 79.9. The molecular formula is C25H25BrN2O. The molecule has 1 aromatic heterocycles. The summed E-state index contributed by atoms with van der Waals surface area (Å²) in [5, 5.41) is 3.99. The third-order valence-corrected chi connectivity index (χ3v) is 5.94. The quantitative estimate of drug-likeness (QED) is 0.447. The van der Waals surface area contributed by atoms with E-state index in [0.29, 0.717) is 12.1 Å². The number of carbonyl (C=O) groups excluding carboxylic acids is 1. The number of aromatic nitrogens is 1. The predicted octanol–water partition coefficient (Wildman–Crippen LogP) is 6.59. The van der Waals surface area contributed by atoms with Crippen molar-refractivity contribution in [2.75, 3.05) is 6.54 Å². The van der Waals surface area contributed by atoms with Crippen LogP contribution in [0.5, 0.6) is 0 Å². The molecule has 29 heavy (non-hydrogen) atoms. The van der Waals surface area contributed by atoms with Crippen LogP contribution in [0.25, 0.3) is 22.2 Å². The van der Waals surface area contributed by atoms with Gasteiger partial charge in [-0.05, 0) is 69.4 Å². The number of nitrogens with one attached hydrogen (secondary N) is 1. The third-order valence-electron chi connectivity index (χ3n) is 5.45. The number of carbonyl (C=O) groups is 1. The standard InChI is InChI=1S/C25H25BrN2O/c1-17-6-5-9-19(14-17)24-16-22(21-15-20(26)10-11-23(21)28-24)25(29)27-13-12-18-7-3-2-4-8-18/h5-7,9-11,14-16H,2-4,8,12-13H2,1H3,(H,27,29). The zero-order valence-electron chi connectivity index (χ0n) is 16.7. The summed E-state index contributed by atoms with van der Waals surface area (Å²) in [6, 6.07) is 16.0. The molecule has 0 saturated heterocycles. The summed E-state index contributed by atoms with van der Waals surface area (Å²) < 4.78 is 0.941. The highest BCUT2D eigenvalue weighted by Gasteiger charge is 2.15. The van der Waals surface area contributed by atoms with Crippen LogP contribution in [-0.4, -0.2) is 17.4 Å². The van der Waals surface area contributed by atoms with Crippen LogP contribution in [0.4, 0.5) is 0 Å². The zero-order chi connectivity index (χ0) is 20.2. The van der Waals surface area contributed by atoms with Crippen molar-refractivity contribution in [3.05, 3.63) is 75.8 Å². The van der Waals surface area contributed by atoms with Gasteiger partial charge < -0.3 is 5.32 Å². The number of benzene rings is 2. The third kappa shape index (κ3) is 4.76. The minimum absolute atomic E-state index is 0.0409. The lowest BCUT2D eigenvalue weighted by molar-refractivity contribution is 0.0955. The molecule has 0 unspecified atom stereocenters. The average Bonchev–Trinajstić information content (AvgIpc) is 2.73. The largest absolute Gasteiger partial charge is 0.352 e. The monoisotopic (exact) mass is 448 g/mol. The number of fused-ring (bicyclic) bond motifs is 1. The van der Waals surface area contributed by atoms with Crippen molar-refractivity contribution < 1.29 is 4.79 Å². The topological polar surface area (TPSA) is 42.0 Å². The van der Waals surface area contributed by atoms with Crippen LogP contribution >= 0.6 is 15.9 Å². The Morgan fingerprint density at radius 2 is 2.03 bits per heavy atom. The van der Waals surface area contributed by atoms with Crippen molar-refractivity contribution in [1.29, 1.82) is 0 Å². The number of hydrogen-bond donors (Lipinski definition) is 1. The number of hydrogen-bond acceptors (Lipinski definition) is 2. The number of rotatable bonds is 5. The van der Waals surface area contributed by atoms with E-state index >= 15 is 0 Å². The first-order chi connectivity index (χ1) is 14.1. The molecule has 1 aliphatic carbocycles. The average molecular weight is 449 g/mol. The number of allylic oxidation sites excluding steroid dienone is 1. The van der Waals surface area contributed by atoms with E-state index in [1.54, 1.807) is 0 Å². The van der Waals surface area contributed by atoms with Crippen molar-refractivity contribution in [2.45, 2.75) is 39.0 Å². The van der Waals surface area contributed by atoms with Crippen molar-refractivity contribution in [2.24, 2.45) is 0 Å². The van der Waals surface area contributed by atoms with Crippen LogP contribution in [-0.2, 0) is 0 Å². The number of amides is 1. The van der Waals surface area contributed by atoms with Gasteiger partial charge in [0.25, 0.3) is 5.91 Å². The van der Waals surface area contributed by atoms with E-state index in [4.69, 9.17) is 4.98 Å². The van der Waals surface area contributed by atoms with Crippen molar-refractivity contribution in [1.82, 2.24) is 10.3 Å². The Hall–Kier alpha value is -2.46. The Labute approximate surface area is 180 Å². The minimum Gasteiger partial charge on any atom is -0.352 e. The molecule has 1 aliphatic rings. The van der Waals surface area contributed by atoms with Gasteiger partial charge in [0.05, 0.1) is 16.8 Å². The van der Waals surface area contributed by atoms with Crippen molar-refractivity contribution >= 4 is 32.7 Å². The van der Waals surface area contributed by atoms with Gasteiger partial charge in [0.1, 0.15) is 0 Å². The summed E-state index contributed by atoms with van der Waals surface area (Å²) in [4.78, 5) is 17.9. The van der Waals surface area contributed by atoms with Gasteiger partial charge in [0, 0.05) is 22.0 Å². The second-order valence-electron chi connectivity index (χ2n) is 7.70. The maximum Gasteiger partial charge on any atom is 0.252 e. The van der Waals surface area contributed by atoms with Crippen molar-refractivity contribution in [3.8, 4) is 11.3 Å². The van der Waals surface area contributed by atoms with E-state index in [9.17, 15) is 4.79 Å². The highest BCUT2D eigenvalue weighted by Crippen LogP contribution is 2.28. The van der Waals surface area contributed by atoms with Crippen LogP contribution in [0.15, 0.2) is 64.7 Å². The molecule has 0 spiro atoms. The SMILES string of the molecule is Cc1cccc(-c2cc(C(=O)NCCC3=CCCCC3)c3cc(Br)ccc3n2)c1. The van der Waals surface area contributed by atoms with Gasteiger partial charge in [-0.15, -0.1) is 0 Å². The minimum atomic E-state index is -0.0409. The molecule has 1 N–H and O–H groups in total. The van der Waals surface area contributed by atoms with E-state index in [2.05, 4.69) is 46.4 Å². The van der Waals surface area contributed by atoms with E-state index in [-0.39, 0.29) is 5.91 Å². The Morgan fingerprint density at radius 1 is 1.14 bits per heavy atom. The van der Waals surface area contributed by atoms with E-state index < -0.39 is 0 Å². The lowest BCUT2D eigenvalue weighted by Gasteiger charge is -2.14. The molecule has 0 radical (unpaired) electrons. The smallest absolute Gasteiger partial charge is 0.252 e. The fourth-order valence-electron chi connectivity index (χ4n) is 3.90. The maximum absolute atomic E-state index is 13.1. The van der Waals surface area contributed by atoms with Gasteiger partial charge in [-0.25, -0.2) is 4.98 Å². The molecule has 0 saturated carbocycles. The summed E-state index contributed by atoms with van der Waals surface area (Å²) >= 11 is 3.53. The molecule has 3 aromatic rings. The van der Waals surface area contributed by atoms with Gasteiger partial charge in [0.15, 0.2) is 0 Å². The molecule has 0 atom stereocenters. The number of aryl methyl sites for hydroxylation is 1. The lowest BCUT2D eigenvalue weighted by Crippen LogP contribution is -2.25. The van der Waals surface area contributed by atoms with Gasteiger partial charge >= 0.3 is 0 Å². The van der Waals surface area contributed by atoms with E-state index in [0.717, 1.165) is 33.1 Å². The molecule has 4 rings (SSSR count). The number of nitrogens with zero attached hydrogens (tertiary/aromatic N) is 1. The first-order valence-electron chi connectivity index (χ1n) is 10.2. The first kappa shape index (κ1) is 19.8. The Morgan fingerprint density at radius 3 is 2.83 bits per heavy atom.